The number of aldehydes is 1. The van der Waals surface area contributed by atoms with Crippen molar-refractivity contribution in [3.63, 3.8) is 0 Å². The van der Waals surface area contributed by atoms with Gasteiger partial charge in [-0.15, -0.1) is 0 Å². The molecule has 0 fully saturated rings. The SMILES string of the molecule is CN1C(=O)C(c2cccc(I)c2)(c2c[nH]c(C=O)c2)N=C1N. The third kappa shape index (κ3) is 2.04. The average Bonchev–Trinajstić information content (AvgIpc) is 3.07. The van der Waals surface area contributed by atoms with Crippen LogP contribution in [0.2, 0.25) is 0 Å². The summed E-state index contributed by atoms with van der Waals surface area (Å²) in [6, 6.07) is 9.15. The molecule has 0 saturated carbocycles. The van der Waals surface area contributed by atoms with Gasteiger partial charge < -0.3 is 10.7 Å². The monoisotopic (exact) mass is 408 g/mol. The van der Waals surface area contributed by atoms with Crippen molar-refractivity contribution in [1.82, 2.24) is 9.88 Å². The van der Waals surface area contributed by atoms with Crippen LogP contribution in [0.5, 0.6) is 0 Å². The number of nitrogens with one attached hydrogen (secondary N) is 1. The van der Waals surface area contributed by atoms with Gasteiger partial charge in [-0.2, -0.15) is 0 Å². The molecule has 6 nitrogen and oxygen atoms in total. The second-order valence-electron chi connectivity index (χ2n) is 5.02. The van der Waals surface area contributed by atoms with Gasteiger partial charge in [0.2, 0.25) is 0 Å². The summed E-state index contributed by atoms with van der Waals surface area (Å²) in [6.07, 6.45) is 2.32. The molecule has 2 heterocycles. The quantitative estimate of drug-likeness (QED) is 0.595. The molecule has 3 rings (SSSR count). The van der Waals surface area contributed by atoms with Crippen molar-refractivity contribution in [3.05, 3.63) is 56.9 Å². The maximum Gasteiger partial charge on any atom is 0.266 e. The Labute approximate surface area is 140 Å². The number of guanidine groups is 1. The van der Waals surface area contributed by atoms with E-state index in [4.69, 9.17) is 5.73 Å². The first kappa shape index (κ1) is 14.8. The number of hydrogen-bond acceptors (Lipinski definition) is 4. The normalized spacial score (nSPS) is 21.1. The fraction of sp³-hybridized carbons (Fsp3) is 0.133. The number of benzene rings is 1. The molecule has 7 heteroatoms. The minimum atomic E-state index is -1.25. The molecule has 22 heavy (non-hydrogen) atoms. The van der Waals surface area contributed by atoms with Crippen molar-refractivity contribution in [2.24, 2.45) is 10.7 Å². The second kappa shape index (κ2) is 5.24. The summed E-state index contributed by atoms with van der Waals surface area (Å²) in [5.74, 6) is -0.0961. The topological polar surface area (TPSA) is 91.5 Å². The molecule has 112 valence electrons. The number of nitrogens with two attached hydrogens (primary N) is 1. The van der Waals surface area contributed by atoms with Gasteiger partial charge in [0.15, 0.2) is 17.8 Å². The number of likely N-dealkylation sites (N-methyl/N-ethyl adjacent to an activating group) is 1. The van der Waals surface area contributed by atoms with E-state index >= 15 is 0 Å². The summed E-state index contributed by atoms with van der Waals surface area (Å²) in [5, 5.41) is 0. The molecule has 0 saturated heterocycles. The van der Waals surface area contributed by atoms with Crippen molar-refractivity contribution in [2.45, 2.75) is 5.54 Å². The number of amides is 1. The zero-order valence-corrected chi connectivity index (χ0v) is 13.9. The summed E-state index contributed by atoms with van der Waals surface area (Å²) in [6.45, 7) is 0. The van der Waals surface area contributed by atoms with Crippen LogP contribution in [0.3, 0.4) is 0 Å². The fourth-order valence-electron chi connectivity index (χ4n) is 2.59. The standard InChI is InChI=1S/C15H13IN4O2/c1-20-13(22)15(19-14(20)17,9-3-2-4-11(16)5-9)10-6-12(8-21)18-7-10/h2-8,18H,1H3,(H2,17,19). The first-order valence-electron chi connectivity index (χ1n) is 6.52. The van der Waals surface area contributed by atoms with Crippen molar-refractivity contribution < 1.29 is 9.59 Å². The van der Waals surface area contributed by atoms with Gasteiger partial charge in [0.25, 0.3) is 5.91 Å². The third-order valence-corrected chi connectivity index (χ3v) is 4.40. The minimum absolute atomic E-state index is 0.151. The van der Waals surface area contributed by atoms with E-state index < -0.39 is 5.54 Å². The number of carbonyl (C=O) groups excluding carboxylic acids is 2. The molecular weight excluding hydrogens is 395 g/mol. The van der Waals surface area contributed by atoms with E-state index in [9.17, 15) is 9.59 Å². The van der Waals surface area contributed by atoms with Gasteiger partial charge >= 0.3 is 0 Å². The molecule has 1 aromatic carbocycles. The lowest BCUT2D eigenvalue weighted by Gasteiger charge is -2.24. The molecule has 1 unspecified atom stereocenters. The van der Waals surface area contributed by atoms with Gasteiger partial charge in [-0.1, -0.05) is 12.1 Å². The Morgan fingerprint density at radius 2 is 2.14 bits per heavy atom. The molecule has 0 radical (unpaired) electrons. The zero-order valence-electron chi connectivity index (χ0n) is 11.7. The number of hydrogen-bond donors (Lipinski definition) is 2. The molecule has 1 aliphatic heterocycles. The van der Waals surface area contributed by atoms with Crippen LogP contribution in [-0.2, 0) is 10.3 Å². The Morgan fingerprint density at radius 1 is 1.36 bits per heavy atom. The molecule has 1 aliphatic rings. The Balaban J connectivity index is 2.28. The molecule has 0 aliphatic carbocycles. The highest BCUT2D eigenvalue weighted by Crippen LogP contribution is 2.39. The van der Waals surface area contributed by atoms with Crippen LogP contribution in [-0.4, -0.2) is 35.1 Å². The molecule has 0 spiro atoms. The van der Waals surface area contributed by atoms with Gasteiger partial charge in [0, 0.05) is 22.4 Å². The zero-order chi connectivity index (χ0) is 15.9. The summed E-state index contributed by atoms with van der Waals surface area (Å²) in [7, 11) is 1.59. The van der Waals surface area contributed by atoms with Crippen molar-refractivity contribution >= 4 is 40.7 Å². The van der Waals surface area contributed by atoms with Gasteiger partial charge in [0.1, 0.15) is 0 Å². The largest absolute Gasteiger partial charge is 0.369 e. The summed E-state index contributed by atoms with van der Waals surface area (Å²) in [4.78, 5) is 32.4. The van der Waals surface area contributed by atoms with Crippen LogP contribution in [0.4, 0.5) is 0 Å². The molecule has 2 aromatic rings. The maximum atomic E-state index is 12.9. The average molecular weight is 408 g/mol. The van der Waals surface area contributed by atoms with E-state index in [0.717, 1.165) is 3.57 Å². The number of aromatic nitrogens is 1. The summed E-state index contributed by atoms with van der Waals surface area (Å²) >= 11 is 2.18. The fourth-order valence-corrected chi connectivity index (χ4v) is 3.13. The molecule has 3 N–H and O–H groups in total. The number of aromatic amines is 1. The van der Waals surface area contributed by atoms with Crippen LogP contribution < -0.4 is 5.73 Å². The predicted molar refractivity (Wildman–Crippen MR) is 90.5 cm³/mol. The molecule has 1 aromatic heterocycles. The molecule has 1 atom stereocenters. The van der Waals surface area contributed by atoms with Crippen LogP contribution in [0, 0.1) is 3.57 Å². The van der Waals surface area contributed by atoms with Crippen LogP contribution >= 0.6 is 22.6 Å². The van der Waals surface area contributed by atoms with E-state index in [1.54, 1.807) is 19.3 Å². The van der Waals surface area contributed by atoms with Crippen molar-refractivity contribution in [3.8, 4) is 0 Å². The number of aliphatic imine (C=N–C) groups is 1. The predicted octanol–water partition coefficient (Wildman–Crippen LogP) is 1.46. The van der Waals surface area contributed by atoms with Crippen LogP contribution in [0.1, 0.15) is 21.6 Å². The van der Waals surface area contributed by atoms with Crippen molar-refractivity contribution in [2.75, 3.05) is 7.05 Å². The van der Waals surface area contributed by atoms with Gasteiger partial charge in [-0.25, -0.2) is 4.99 Å². The van der Waals surface area contributed by atoms with Gasteiger partial charge in [0.05, 0.1) is 5.69 Å². The summed E-state index contributed by atoms with van der Waals surface area (Å²) in [5.41, 5.74) is 6.31. The first-order chi connectivity index (χ1) is 10.5. The Kier molecular flexibility index (Phi) is 3.51. The molecular formula is C15H13IN4O2. The minimum Gasteiger partial charge on any atom is -0.369 e. The van der Waals surface area contributed by atoms with E-state index in [2.05, 4.69) is 32.6 Å². The Hall–Kier alpha value is -2.16. The van der Waals surface area contributed by atoms with Gasteiger partial charge in [-0.3, -0.25) is 14.5 Å². The number of carbonyl (C=O) groups is 2. The lowest BCUT2D eigenvalue weighted by atomic mass is 9.84. The number of nitrogens with zero attached hydrogens (tertiary/aromatic N) is 2. The number of H-pyrrole nitrogens is 1. The maximum absolute atomic E-state index is 12.9. The third-order valence-electron chi connectivity index (χ3n) is 3.73. The van der Waals surface area contributed by atoms with Crippen LogP contribution in [0.25, 0.3) is 0 Å². The highest BCUT2D eigenvalue weighted by molar-refractivity contribution is 14.1. The smallest absolute Gasteiger partial charge is 0.266 e. The van der Waals surface area contributed by atoms with E-state index in [1.807, 2.05) is 24.3 Å². The molecule has 0 bridgehead atoms. The first-order valence-corrected chi connectivity index (χ1v) is 7.60. The highest BCUT2D eigenvalue weighted by Gasteiger charge is 2.50. The number of rotatable bonds is 3. The molecule has 1 amide bonds. The van der Waals surface area contributed by atoms with E-state index in [1.165, 1.54) is 4.90 Å². The highest BCUT2D eigenvalue weighted by atomic mass is 127. The van der Waals surface area contributed by atoms with E-state index in [-0.39, 0.29) is 11.9 Å². The lowest BCUT2D eigenvalue weighted by molar-refractivity contribution is -0.129. The lowest BCUT2D eigenvalue weighted by Crippen LogP contribution is -2.41. The van der Waals surface area contributed by atoms with Crippen molar-refractivity contribution in [1.29, 1.82) is 0 Å². The van der Waals surface area contributed by atoms with E-state index in [0.29, 0.717) is 23.1 Å². The second-order valence-corrected chi connectivity index (χ2v) is 6.26. The van der Waals surface area contributed by atoms with Gasteiger partial charge in [-0.05, 0) is 46.4 Å². The Bertz CT molecular complexity index is 798. The number of halogens is 1. The Morgan fingerprint density at radius 3 is 2.68 bits per heavy atom. The summed E-state index contributed by atoms with van der Waals surface area (Å²) < 4.78 is 0.983. The van der Waals surface area contributed by atoms with Crippen LogP contribution in [0.15, 0.2) is 41.5 Å².